The van der Waals surface area contributed by atoms with Crippen LogP contribution in [-0.4, -0.2) is 28.0 Å². The maximum Gasteiger partial charge on any atom is 0.268 e. The predicted molar refractivity (Wildman–Crippen MR) is 101 cm³/mol. The third kappa shape index (κ3) is 3.10. The Hall–Kier alpha value is -3.06. The minimum absolute atomic E-state index is 0.219. The van der Waals surface area contributed by atoms with Gasteiger partial charge in [-0.2, -0.15) is 0 Å². The molecule has 7 nitrogen and oxygen atoms in total. The number of halogens is 1. The standard InChI is InChI=1S/C19H17ClN4O3/c1-24-14-8-12(20)3-2-10(14)6-15(24)19(26)23-13-4-5-27-16-7-11(18(21)25)9-22-17(13)16/h2-3,6-9,13H,4-5H2,1H3,(H2,21,25)(H,23,26). The summed E-state index contributed by atoms with van der Waals surface area (Å²) >= 11 is 6.06. The molecule has 0 aliphatic carbocycles. The molecule has 0 radical (unpaired) electrons. The van der Waals surface area contributed by atoms with Crippen molar-refractivity contribution < 1.29 is 14.3 Å². The molecule has 3 aromatic rings. The maximum absolute atomic E-state index is 12.9. The number of pyridine rings is 1. The van der Waals surface area contributed by atoms with Crippen LogP contribution in [0.25, 0.3) is 10.9 Å². The van der Waals surface area contributed by atoms with Gasteiger partial charge in [0.25, 0.3) is 5.91 Å². The second kappa shape index (κ2) is 6.59. The fraction of sp³-hybridized carbons (Fsp3) is 0.211. The fourth-order valence-corrected chi connectivity index (χ4v) is 3.45. The molecule has 0 fully saturated rings. The van der Waals surface area contributed by atoms with Crippen LogP contribution in [0.5, 0.6) is 5.75 Å². The first-order valence-electron chi connectivity index (χ1n) is 8.42. The van der Waals surface area contributed by atoms with Gasteiger partial charge in [-0.1, -0.05) is 17.7 Å². The number of nitrogens with two attached hydrogens (primary N) is 1. The summed E-state index contributed by atoms with van der Waals surface area (Å²) in [5.74, 6) is -0.329. The molecular formula is C19H17ClN4O3. The van der Waals surface area contributed by atoms with E-state index in [-0.39, 0.29) is 17.5 Å². The Balaban J connectivity index is 1.63. The third-order valence-corrected chi connectivity index (χ3v) is 4.94. The molecule has 27 heavy (non-hydrogen) atoms. The lowest BCUT2D eigenvalue weighted by molar-refractivity contribution is 0.0913. The van der Waals surface area contributed by atoms with Crippen LogP contribution in [0.4, 0.5) is 0 Å². The SMILES string of the molecule is Cn1c(C(=O)NC2CCOc3cc(C(N)=O)cnc32)cc2ccc(Cl)cc21. The van der Waals surface area contributed by atoms with Crippen molar-refractivity contribution in [2.24, 2.45) is 12.8 Å². The minimum Gasteiger partial charge on any atom is -0.491 e. The van der Waals surface area contributed by atoms with E-state index < -0.39 is 5.91 Å². The summed E-state index contributed by atoms with van der Waals surface area (Å²) in [7, 11) is 1.82. The maximum atomic E-state index is 12.9. The van der Waals surface area contributed by atoms with Gasteiger partial charge >= 0.3 is 0 Å². The molecule has 0 saturated carbocycles. The molecule has 1 aromatic carbocycles. The first kappa shape index (κ1) is 17.4. The number of nitrogens with zero attached hydrogens (tertiary/aromatic N) is 2. The first-order valence-corrected chi connectivity index (χ1v) is 8.80. The van der Waals surface area contributed by atoms with Crippen molar-refractivity contribution in [2.75, 3.05) is 6.61 Å². The van der Waals surface area contributed by atoms with Crippen molar-refractivity contribution >= 4 is 34.3 Å². The number of amides is 2. The molecule has 1 unspecified atom stereocenters. The lowest BCUT2D eigenvalue weighted by atomic mass is 10.0. The van der Waals surface area contributed by atoms with Crippen LogP contribution >= 0.6 is 11.6 Å². The Morgan fingerprint density at radius 1 is 1.33 bits per heavy atom. The largest absolute Gasteiger partial charge is 0.491 e. The number of fused-ring (bicyclic) bond motifs is 2. The highest BCUT2D eigenvalue weighted by Crippen LogP contribution is 2.31. The predicted octanol–water partition coefficient (Wildman–Crippen LogP) is 2.58. The number of benzene rings is 1. The number of carbonyl (C=O) groups is 2. The third-order valence-electron chi connectivity index (χ3n) is 4.71. The second-order valence-corrected chi connectivity index (χ2v) is 6.86. The van der Waals surface area contributed by atoms with Crippen LogP contribution in [0, 0.1) is 0 Å². The van der Waals surface area contributed by atoms with E-state index in [1.54, 1.807) is 16.7 Å². The molecule has 3 N–H and O–H groups in total. The van der Waals surface area contributed by atoms with Crippen molar-refractivity contribution in [3.63, 3.8) is 0 Å². The van der Waals surface area contributed by atoms with Crippen LogP contribution in [0.3, 0.4) is 0 Å². The van der Waals surface area contributed by atoms with E-state index >= 15 is 0 Å². The Morgan fingerprint density at radius 3 is 2.93 bits per heavy atom. The van der Waals surface area contributed by atoms with E-state index in [0.29, 0.717) is 35.2 Å². The smallest absolute Gasteiger partial charge is 0.268 e. The van der Waals surface area contributed by atoms with E-state index in [2.05, 4.69) is 10.3 Å². The van der Waals surface area contributed by atoms with E-state index in [0.717, 1.165) is 10.9 Å². The van der Waals surface area contributed by atoms with E-state index in [4.69, 9.17) is 22.1 Å². The van der Waals surface area contributed by atoms with Crippen molar-refractivity contribution in [1.82, 2.24) is 14.9 Å². The van der Waals surface area contributed by atoms with Gasteiger partial charge in [0.15, 0.2) is 0 Å². The Kier molecular flexibility index (Phi) is 4.24. The monoisotopic (exact) mass is 384 g/mol. The highest BCUT2D eigenvalue weighted by molar-refractivity contribution is 6.31. The number of carbonyl (C=O) groups excluding carboxylic acids is 2. The number of aryl methyl sites for hydroxylation is 1. The number of nitrogens with one attached hydrogen (secondary N) is 1. The van der Waals surface area contributed by atoms with Crippen molar-refractivity contribution in [1.29, 1.82) is 0 Å². The fourth-order valence-electron chi connectivity index (χ4n) is 3.28. The summed E-state index contributed by atoms with van der Waals surface area (Å²) in [6.07, 6.45) is 1.98. The van der Waals surface area contributed by atoms with Gasteiger partial charge in [0, 0.05) is 35.6 Å². The molecule has 1 aliphatic rings. The summed E-state index contributed by atoms with van der Waals surface area (Å²) in [5.41, 5.74) is 7.54. The number of rotatable bonds is 3. The highest BCUT2D eigenvalue weighted by Gasteiger charge is 2.27. The van der Waals surface area contributed by atoms with Crippen molar-refractivity contribution in [3.8, 4) is 5.75 Å². The summed E-state index contributed by atoms with van der Waals surface area (Å²) in [5, 5.41) is 4.55. The molecule has 4 rings (SSSR count). The molecule has 1 aliphatic heterocycles. The summed E-state index contributed by atoms with van der Waals surface area (Å²) in [4.78, 5) is 28.5. The molecular weight excluding hydrogens is 368 g/mol. The Bertz CT molecular complexity index is 1080. The molecule has 0 saturated heterocycles. The highest BCUT2D eigenvalue weighted by atomic mass is 35.5. The molecule has 2 amide bonds. The Labute approximate surface area is 160 Å². The van der Waals surface area contributed by atoms with Crippen LogP contribution in [0.15, 0.2) is 36.5 Å². The van der Waals surface area contributed by atoms with Crippen LogP contribution in [0.1, 0.15) is 39.0 Å². The first-order chi connectivity index (χ1) is 12.9. The van der Waals surface area contributed by atoms with Gasteiger partial charge in [-0.3, -0.25) is 14.6 Å². The van der Waals surface area contributed by atoms with Gasteiger partial charge in [0.05, 0.1) is 18.2 Å². The van der Waals surface area contributed by atoms with Crippen LogP contribution in [0.2, 0.25) is 5.02 Å². The number of ether oxygens (including phenoxy) is 1. The van der Waals surface area contributed by atoms with Gasteiger partial charge in [-0.25, -0.2) is 0 Å². The molecule has 138 valence electrons. The van der Waals surface area contributed by atoms with Gasteiger partial charge in [-0.05, 0) is 24.3 Å². The lowest BCUT2D eigenvalue weighted by Gasteiger charge is -2.26. The van der Waals surface area contributed by atoms with Crippen LogP contribution in [-0.2, 0) is 7.05 Å². The molecule has 0 bridgehead atoms. The molecule has 2 aromatic heterocycles. The lowest BCUT2D eigenvalue weighted by Crippen LogP contribution is -2.34. The summed E-state index contributed by atoms with van der Waals surface area (Å²) in [6.45, 7) is 0.409. The molecule has 3 heterocycles. The second-order valence-electron chi connectivity index (χ2n) is 6.43. The molecule has 0 spiro atoms. The quantitative estimate of drug-likeness (QED) is 0.724. The minimum atomic E-state index is -0.575. The average molecular weight is 385 g/mol. The number of aromatic nitrogens is 2. The van der Waals surface area contributed by atoms with Crippen LogP contribution < -0.4 is 15.8 Å². The Morgan fingerprint density at radius 2 is 2.15 bits per heavy atom. The van der Waals surface area contributed by atoms with Gasteiger partial charge in [-0.15, -0.1) is 0 Å². The number of primary amides is 1. The van der Waals surface area contributed by atoms with Crippen molar-refractivity contribution in [3.05, 3.63) is 58.5 Å². The van der Waals surface area contributed by atoms with E-state index in [1.807, 2.05) is 25.2 Å². The summed E-state index contributed by atoms with van der Waals surface area (Å²) in [6, 6.07) is 8.56. The van der Waals surface area contributed by atoms with Gasteiger partial charge in [0.1, 0.15) is 17.1 Å². The zero-order valence-corrected chi connectivity index (χ0v) is 15.3. The molecule has 1 atom stereocenters. The normalized spacial score (nSPS) is 15.9. The van der Waals surface area contributed by atoms with Gasteiger partial charge < -0.3 is 20.4 Å². The zero-order valence-electron chi connectivity index (χ0n) is 14.5. The zero-order chi connectivity index (χ0) is 19.1. The number of hydrogen-bond donors (Lipinski definition) is 2. The molecule has 8 heteroatoms. The average Bonchev–Trinajstić information content (AvgIpc) is 2.98. The van der Waals surface area contributed by atoms with Crippen molar-refractivity contribution in [2.45, 2.75) is 12.5 Å². The van der Waals surface area contributed by atoms with Gasteiger partial charge in [0.2, 0.25) is 5.91 Å². The number of hydrogen-bond acceptors (Lipinski definition) is 4. The van der Waals surface area contributed by atoms with E-state index in [1.165, 1.54) is 6.20 Å². The van der Waals surface area contributed by atoms with E-state index in [9.17, 15) is 9.59 Å². The topological polar surface area (TPSA) is 99.2 Å². The summed E-state index contributed by atoms with van der Waals surface area (Å²) < 4.78 is 7.38.